The summed E-state index contributed by atoms with van der Waals surface area (Å²) in [6.45, 7) is 0. The summed E-state index contributed by atoms with van der Waals surface area (Å²) in [5.41, 5.74) is 3.32. The predicted octanol–water partition coefficient (Wildman–Crippen LogP) is 3.59. The van der Waals surface area contributed by atoms with E-state index < -0.39 is 0 Å². The molecule has 0 fully saturated rings. The van der Waals surface area contributed by atoms with E-state index in [1.807, 2.05) is 24.3 Å². The van der Waals surface area contributed by atoms with Crippen LogP contribution in [0.4, 0.5) is 10.1 Å². The normalized spacial score (nSPS) is 17.7. The maximum atomic E-state index is 13.3. The number of benzene rings is 1. The third-order valence-electron chi connectivity index (χ3n) is 3.98. The largest absolute Gasteiger partial charge is 0.497 e. The number of methoxy groups -OCH3 is 1. The Bertz CT molecular complexity index is 613. The van der Waals surface area contributed by atoms with Crippen LogP contribution in [0.2, 0.25) is 0 Å². The molecule has 0 amide bonds. The zero-order valence-corrected chi connectivity index (χ0v) is 12.1. The number of aryl methyl sites for hydroxylation is 1. The van der Waals surface area contributed by atoms with Crippen molar-refractivity contribution in [3.05, 3.63) is 53.6 Å². The van der Waals surface area contributed by atoms with E-state index in [0.717, 1.165) is 42.7 Å². The average Bonchev–Trinajstić information content (AvgIpc) is 2.69. The lowest BCUT2D eigenvalue weighted by Crippen LogP contribution is -2.21. The van der Waals surface area contributed by atoms with Gasteiger partial charge in [0.1, 0.15) is 5.75 Å². The molecule has 1 aromatic heterocycles. The fourth-order valence-electron chi connectivity index (χ4n) is 2.86. The molecule has 1 aliphatic rings. The number of halogens is 1. The first-order valence-corrected chi connectivity index (χ1v) is 7.28. The van der Waals surface area contributed by atoms with Crippen LogP contribution in [-0.4, -0.2) is 18.1 Å². The van der Waals surface area contributed by atoms with Crippen LogP contribution in [0, 0.1) is 5.95 Å². The Morgan fingerprint density at radius 1 is 1.24 bits per heavy atom. The maximum Gasteiger partial charge on any atom is 0.213 e. The van der Waals surface area contributed by atoms with E-state index in [9.17, 15) is 4.39 Å². The van der Waals surface area contributed by atoms with Crippen molar-refractivity contribution >= 4 is 5.69 Å². The molecule has 1 aliphatic carbocycles. The molecular formula is C17H19FN2O. The molecule has 0 spiro atoms. The number of hydrogen-bond donors (Lipinski definition) is 1. The number of fused-ring (bicyclic) bond motifs is 1. The molecule has 21 heavy (non-hydrogen) atoms. The molecule has 3 nitrogen and oxygen atoms in total. The first-order chi connectivity index (χ1) is 10.2. The third-order valence-corrected chi connectivity index (χ3v) is 3.98. The summed E-state index contributed by atoms with van der Waals surface area (Å²) in [7, 11) is 1.66. The van der Waals surface area contributed by atoms with Gasteiger partial charge in [0, 0.05) is 17.9 Å². The van der Waals surface area contributed by atoms with E-state index in [4.69, 9.17) is 4.74 Å². The van der Waals surface area contributed by atoms with E-state index in [1.54, 1.807) is 19.4 Å². The number of nitrogens with zero attached hydrogens (tertiary/aromatic N) is 1. The Hall–Kier alpha value is -2.10. The maximum absolute atomic E-state index is 13.3. The zero-order valence-electron chi connectivity index (χ0n) is 12.1. The van der Waals surface area contributed by atoms with Crippen LogP contribution in [0.15, 0.2) is 36.5 Å². The molecule has 1 heterocycles. The van der Waals surface area contributed by atoms with Crippen molar-refractivity contribution in [3.8, 4) is 5.75 Å². The topological polar surface area (TPSA) is 34.1 Å². The number of ether oxygens (including phenoxy) is 1. The van der Waals surface area contributed by atoms with E-state index in [1.165, 1.54) is 5.56 Å². The number of rotatable bonds is 3. The van der Waals surface area contributed by atoms with Gasteiger partial charge in [0.25, 0.3) is 0 Å². The van der Waals surface area contributed by atoms with Gasteiger partial charge in [-0.15, -0.1) is 0 Å². The fraction of sp³-hybridized carbons (Fsp3) is 0.353. The van der Waals surface area contributed by atoms with Gasteiger partial charge in [0.15, 0.2) is 0 Å². The molecule has 110 valence electrons. The Labute approximate surface area is 124 Å². The van der Waals surface area contributed by atoms with Crippen LogP contribution in [0.1, 0.15) is 24.0 Å². The Kier molecular flexibility index (Phi) is 4.04. The van der Waals surface area contributed by atoms with Crippen molar-refractivity contribution < 1.29 is 9.13 Å². The summed E-state index contributed by atoms with van der Waals surface area (Å²) in [6.07, 6.45) is 5.65. The SMILES string of the molecule is COc1ccc(N[C@@H]2CCCc3cnc(F)cc3C2)cc1. The summed E-state index contributed by atoms with van der Waals surface area (Å²) >= 11 is 0. The summed E-state index contributed by atoms with van der Waals surface area (Å²) < 4.78 is 18.5. The second-order valence-electron chi connectivity index (χ2n) is 5.44. The summed E-state index contributed by atoms with van der Waals surface area (Å²) in [5.74, 6) is 0.457. The van der Waals surface area contributed by atoms with Gasteiger partial charge in [-0.05, 0) is 67.1 Å². The first kappa shape index (κ1) is 13.9. The molecular weight excluding hydrogens is 267 g/mol. The molecule has 0 bridgehead atoms. The van der Waals surface area contributed by atoms with Gasteiger partial charge in [-0.25, -0.2) is 4.98 Å². The molecule has 3 rings (SSSR count). The van der Waals surface area contributed by atoms with Crippen LogP contribution in [0.3, 0.4) is 0 Å². The molecule has 0 radical (unpaired) electrons. The van der Waals surface area contributed by atoms with Gasteiger partial charge < -0.3 is 10.1 Å². The summed E-state index contributed by atoms with van der Waals surface area (Å²) in [5, 5.41) is 3.53. The van der Waals surface area contributed by atoms with Gasteiger partial charge in [0.05, 0.1) is 7.11 Å². The monoisotopic (exact) mass is 286 g/mol. The minimum Gasteiger partial charge on any atom is -0.497 e. The molecule has 1 aromatic carbocycles. The minimum atomic E-state index is -0.390. The Morgan fingerprint density at radius 2 is 2.05 bits per heavy atom. The molecule has 0 aliphatic heterocycles. The van der Waals surface area contributed by atoms with Crippen molar-refractivity contribution in [2.45, 2.75) is 31.7 Å². The van der Waals surface area contributed by atoms with Crippen molar-refractivity contribution in [2.24, 2.45) is 0 Å². The van der Waals surface area contributed by atoms with Gasteiger partial charge in [-0.1, -0.05) is 0 Å². The lowest BCUT2D eigenvalue weighted by molar-refractivity contribution is 0.415. The fourth-order valence-corrected chi connectivity index (χ4v) is 2.86. The molecule has 1 N–H and O–H groups in total. The number of anilines is 1. The van der Waals surface area contributed by atoms with Crippen LogP contribution >= 0.6 is 0 Å². The first-order valence-electron chi connectivity index (χ1n) is 7.28. The van der Waals surface area contributed by atoms with Gasteiger partial charge >= 0.3 is 0 Å². The van der Waals surface area contributed by atoms with Crippen LogP contribution in [0.5, 0.6) is 5.75 Å². The molecule has 0 saturated heterocycles. The molecule has 1 atom stereocenters. The van der Waals surface area contributed by atoms with Crippen molar-refractivity contribution in [2.75, 3.05) is 12.4 Å². The van der Waals surface area contributed by atoms with E-state index in [0.29, 0.717) is 6.04 Å². The highest BCUT2D eigenvalue weighted by molar-refractivity contribution is 5.47. The van der Waals surface area contributed by atoms with E-state index in [-0.39, 0.29) is 5.95 Å². The average molecular weight is 286 g/mol. The second-order valence-corrected chi connectivity index (χ2v) is 5.44. The van der Waals surface area contributed by atoms with Crippen LogP contribution in [0.25, 0.3) is 0 Å². The summed E-state index contributed by atoms with van der Waals surface area (Å²) in [6, 6.07) is 9.80. The van der Waals surface area contributed by atoms with E-state index >= 15 is 0 Å². The van der Waals surface area contributed by atoms with Crippen LogP contribution in [-0.2, 0) is 12.8 Å². The minimum absolute atomic E-state index is 0.321. The molecule has 2 aromatic rings. The van der Waals surface area contributed by atoms with Gasteiger partial charge in [-0.2, -0.15) is 4.39 Å². The summed E-state index contributed by atoms with van der Waals surface area (Å²) in [4.78, 5) is 3.76. The standard InChI is InChI=1S/C17H19FN2O/c1-21-16-7-5-14(6-8-16)20-15-4-2-3-12-11-19-17(18)10-13(12)9-15/h5-8,10-11,15,20H,2-4,9H2,1H3/t15-/m1/s1. The van der Waals surface area contributed by atoms with Gasteiger partial charge in [-0.3, -0.25) is 0 Å². The Morgan fingerprint density at radius 3 is 2.81 bits per heavy atom. The quantitative estimate of drug-likeness (QED) is 0.691. The molecule has 0 saturated carbocycles. The highest BCUT2D eigenvalue weighted by Crippen LogP contribution is 2.24. The van der Waals surface area contributed by atoms with Crippen molar-refractivity contribution in [1.82, 2.24) is 4.98 Å². The number of pyridine rings is 1. The molecule has 4 heteroatoms. The molecule has 0 unspecified atom stereocenters. The van der Waals surface area contributed by atoms with Crippen molar-refractivity contribution in [3.63, 3.8) is 0 Å². The van der Waals surface area contributed by atoms with Gasteiger partial charge in [0.2, 0.25) is 5.95 Å². The Balaban J connectivity index is 1.73. The number of nitrogens with one attached hydrogen (secondary N) is 1. The lowest BCUT2D eigenvalue weighted by atomic mass is 10.0. The second kappa shape index (κ2) is 6.12. The smallest absolute Gasteiger partial charge is 0.213 e. The zero-order chi connectivity index (χ0) is 14.7. The van der Waals surface area contributed by atoms with Crippen LogP contribution < -0.4 is 10.1 Å². The lowest BCUT2D eigenvalue weighted by Gasteiger charge is -2.18. The van der Waals surface area contributed by atoms with Crippen molar-refractivity contribution in [1.29, 1.82) is 0 Å². The third kappa shape index (κ3) is 3.32. The highest BCUT2D eigenvalue weighted by Gasteiger charge is 2.17. The van der Waals surface area contributed by atoms with E-state index in [2.05, 4.69) is 10.3 Å². The number of hydrogen-bond acceptors (Lipinski definition) is 3. The highest BCUT2D eigenvalue weighted by atomic mass is 19.1. The number of aromatic nitrogens is 1. The predicted molar refractivity (Wildman–Crippen MR) is 81.2 cm³/mol.